The standard InChI is InChI=1S/C19H20N2O3S/c22-18(17-14-6-2-1-4-13(14)11-25-17)21-9-15(16(10-21)19(23)24)12-5-3-7-20-8-12/h3,5,7-8,11,15-16H,1-2,4,6,9-10H2,(H,23,24)/t15-,16+/m1/s1. The van der Waals surface area contributed by atoms with Gasteiger partial charge in [-0.3, -0.25) is 14.6 Å². The highest BCUT2D eigenvalue weighted by Crippen LogP contribution is 2.36. The molecule has 130 valence electrons. The molecule has 1 saturated heterocycles. The van der Waals surface area contributed by atoms with Gasteiger partial charge in [0.15, 0.2) is 0 Å². The van der Waals surface area contributed by atoms with Crippen LogP contribution in [0.4, 0.5) is 0 Å². The number of rotatable bonds is 3. The number of carboxylic acid groups (broad SMARTS) is 1. The first kappa shape index (κ1) is 16.3. The molecule has 0 unspecified atom stereocenters. The van der Waals surface area contributed by atoms with E-state index >= 15 is 0 Å². The molecule has 0 radical (unpaired) electrons. The maximum absolute atomic E-state index is 13.1. The first-order chi connectivity index (χ1) is 12.1. The van der Waals surface area contributed by atoms with Gasteiger partial charge in [-0.2, -0.15) is 0 Å². The van der Waals surface area contributed by atoms with E-state index in [1.165, 1.54) is 28.9 Å². The summed E-state index contributed by atoms with van der Waals surface area (Å²) >= 11 is 1.52. The van der Waals surface area contributed by atoms with Gasteiger partial charge in [0.2, 0.25) is 0 Å². The largest absolute Gasteiger partial charge is 0.481 e. The number of amides is 1. The fourth-order valence-corrected chi connectivity index (χ4v) is 5.12. The molecule has 1 N–H and O–H groups in total. The third kappa shape index (κ3) is 2.95. The molecule has 0 aromatic carbocycles. The number of fused-ring (bicyclic) bond motifs is 1. The van der Waals surface area contributed by atoms with Gasteiger partial charge in [0.25, 0.3) is 5.91 Å². The molecule has 1 fully saturated rings. The Morgan fingerprint density at radius 1 is 1.24 bits per heavy atom. The highest BCUT2D eigenvalue weighted by molar-refractivity contribution is 7.12. The molecule has 25 heavy (non-hydrogen) atoms. The van der Waals surface area contributed by atoms with Gasteiger partial charge >= 0.3 is 5.97 Å². The molecule has 4 rings (SSSR count). The second-order valence-electron chi connectivity index (χ2n) is 6.82. The molecular weight excluding hydrogens is 336 g/mol. The second kappa shape index (κ2) is 6.59. The predicted octanol–water partition coefficient (Wildman–Crippen LogP) is 2.96. The number of aryl methyl sites for hydroxylation is 1. The minimum atomic E-state index is -0.850. The quantitative estimate of drug-likeness (QED) is 0.918. The third-order valence-electron chi connectivity index (χ3n) is 5.33. The number of aliphatic carboxylic acids is 1. The predicted molar refractivity (Wildman–Crippen MR) is 95.0 cm³/mol. The van der Waals surface area contributed by atoms with Gasteiger partial charge in [-0.15, -0.1) is 11.3 Å². The molecule has 1 amide bonds. The van der Waals surface area contributed by atoms with E-state index in [1.54, 1.807) is 17.3 Å². The molecule has 2 atom stereocenters. The van der Waals surface area contributed by atoms with Crippen molar-refractivity contribution in [2.45, 2.75) is 31.6 Å². The molecule has 2 aromatic heterocycles. The van der Waals surface area contributed by atoms with Crippen molar-refractivity contribution >= 4 is 23.2 Å². The van der Waals surface area contributed by atoms with Crippen molar-refractivity contribution in [2.75, 3.05) is 13.1 Å². The molecule has 2 aromatic rings. The van der Waals surface area contributed by atoms with Crippen LogP contribution < -0.4 is 0 Å². The van der Waals surface area contributed by atoms with Crippen LogP contribution in [0.3, 0.4) is 0 Å². The smallest absolute Gasteiger partial charge is 0.308 e. The van der Waals surface area contributed by atoms with E-state index in [1.807, 2.05) is 12.1 Å². The Morgan fingerprint density at radius 2 is 2.08 bits per heavy atom. The highest BCUT2D eigenvalue weighted by atomic mass is 32.1. The average Bonchev–Trinajstić information content (AvgIpc) is 3.27. The maximum Gasteiger partial charge on any atom is 0.308 e. The summed E-state index contributed by atoms with van der Waals surface area (Å²) in [5.74, 6) is -1.64. The maximum atomic E-state index is 13.1. The van der Waals surface area contributed by atoms with Crippen molar-refractivity contribution in [1.29, 1.82) is 0 Å². The number of nitrogens with zero attached hydrogens (tertiary/aromatic N) is 2. The minimum absolute atomic E-state index is 0.00853. The highest BCUT2D eigenvalue weighted by Gasteiger charge is 2.41. The number of pyridine rings is 1. The van der Waals surface area contributed by atoms with Gasteiger partial charge in [-0.1, -0.05) is 6.07 Å². The lowest BCUT2D eigenvalue weighted by Gasteiger charge is -2.18. The van der Waals surface area contributed by atoms with Crippen LogP contribution in [0, 0.1) is 5.92 Å². The molecule has 1 aliphatic heterocycles. The third-order valence-corrected chi connectivity index (χ3v) is 6.39. The van der Waals surface area contributed by atoms with Gasteiger partial charge < -0.3 is 10.0 Å². The molecule has 1 aliphatic carbocycles. The van der Waals surface area contributed by atoms with Crippen LogP contribution in [-0.2, 0) is 17.6 Å². The Balaban J connectivity index is 1.60. The van der Waals surface area contributed by atoms with Crippen LogP contribution in [0.5, 0.6) is 0 Å². The Bertz CT molecular complexity index is 802. The van der Waals surface area contributed by atoms with E-state index in [9.17, 15) is 14.7 Å². The van der Waals surface area contributed by atoms with Crippen molar-refractivity contribution in [3.63, 3.8) is 0 Å². The van der Waals surface area contributed by atoms with Crippen molar-refractivity contribution in [3.8, 4) is 0 Å². The van der Waals surface area contributed by atoms with Crippen LogP contribution >= 0.6 is 11.3 Å². The van der Waals surface area contributed by atoms with E-state index in [0.29, 0.717) is 6.54 Å². The number of carbonyl (C=O) groups is 2. The summed E-state index contributed by atoms with van der Waals surface area (Å²) in [6, 6.07) is 3.71. The Kier molecular flexibility index (Phi) is 4.29. The van der Waals surface area contributed by atoms with Crippen LogP contribution in [0.1, 0.15) is 45.1 Å². The average molecular weight is 356 g/mol. The number of carboxylic acids is 1. The Hall–Kier alpha value is -2.21. The zero-order valence-corrected chi connectivity index (χ0v) is 14.7. The molecule has 0 saturated carbocycles. The van der Waals surface area contributed by atoms with E-state index in [0.717, 1.165) is 29.7 Å². The molecule has 2 aliphatic rings. The minimum Gasteiger partial charge on any atom is -0.481 e. The summed E-state index contributed by atoms with van der Waals surface area (Å²) in [5, 5.41) is 11.7. The van der Waals surface area contributed by atoms with E-state index in [-0.39, 0.29) is 18.4 Å². The van der Waals surface area contributed by atoms with Crippen molar-refractivity contribution < 1.29 is 14.7 Å². The van der Waals surface area contributed by atoms with Crippen molar-refractivity contribution in [2.24, 2.45) is 5.92 Å². The van der Waals surface area contributed by atoms with Gasteiger partial charge in [0.1, 0.15) is 0 Å². The molecule has 5 nitrogen and oxygen atoms in total. The molecular formula is C19H20N2O3S. The number of likely N-dealkylation sites (tertiary alicyclic amines) is 1. The van der Waals surface area contributed by atoms with Gasteiger partial charge in [0, 0.05) is 31.4 Å². The molecule has 6 heteroatoms. The Morgan fingerprint density at radius 3 is 2.84 bits per heavy atom. The summed E-state index contributed by atoms with van der Waals surface area (Å²) in [4.78, 5) is 31.4. The van der Waals surface area contributed by atoms with E-state index in [2.05, 4.69) is 10.4 Å². The summed E-state index contributed by atoms with van der Waals surface area (Å²) in [7, 11) is 0. The summed E-state index contributed by atoms with van der Waals surface area (Å²) in [5.41, 5.74) is 3.38. The van der Waals surface area contributed by atoms with Crippen LogP contribution in [0.25, 0.3) is 0 Å². The number of carbonyl (C=O) groups excluding carboxylic acids is 1. The van der Waals surface area contributed by atoms with Crippen LogP contribution in [0.2, 0.25) is 0 Å². The number of hydrogen-bond donors (Lipinski definition) is 1. The lowest BCUT2D eigenvalue weighted by molar-refractivity contribution is -0.141. The topological polar surface area (TPSA) is 70.5 Å². The van der Waals surface area contributed by atoms with Crippen LogP contribution in [0.15, 0.2) is 29.9 Å². The summed E-state index contributed by atoms with van der Waals surface area (Å²) in [6.07, 6.45) is 7.71. The lowest BCUT2D eigenvalue weighted by Crippen LogP contribution is -2.30. The van der Waals surface area contributed by atoms with Gasteiger partial charge in [-0.25, -0.2) is 0 Å². The van der Waals surface area contributed by atoms with E-state index < -0.39 is 11.9 Å². The van der Waals surface area contributed by atoms with E-state index in [4.69, 9.17) is 0 Å². The van der Waals surface area contributed by atoms with Crippen molar-refractivity contribution in [1.82, 2.24) is 9.88 Å². The number of aromatic nitrogens is 1. The number of hydrogen-bond acceptors (Lipinski definition) is 4. The normalized spacial score (nSPS) is 22.6. The molecule has 3 heterocycles. The fourth-order valence-electron chi connectivity index (χ4n) is 4.00. The van der Waals surface area contributed by atoms with Gasteiger partial charge in [-0.05, 0) is 53.8 Å². The first-order valence-corrected chi connectivity index (χ1v) is 9.54. The summed E-state index contributed by atoms with van der Waals surface area (Å²) < 4.78 is 0. The number of thiophene rings is 1. The fraction of sp³-hybridized carbons (Fsp3) is 0.421. The monoisotopic (exact) mass is 356 g/mol. The first-order valence-electron chi connectivity index (χ1n) is 8.66. The lowest BCUT2D eigenvalue weighted by atomic mass is 9.90. The van der Waals surface area contributed by atoms with Crippen molar-refractivity contribution in [3.05, 3.63) is 51.5 Å². The van der Waals surface area contributed by atoms with Crippen LogP contribution in [-0.4, -0.2) is 40.0 Å². The molecule has 0 bridgehead atoms. The molecule has 0 spiro atoms. The zero-order valence-electron chi connectivity index (χ0n) is 13.9. The SMILES string of the molecule is O=C(O)[C@H]1CN(C(=O)c2scc3c2CCCC3)C[C@@H]1c1cccnc1. The summed E-state index contributed by atoms with van der Waals surface area (Å²) in [6.45, 7) is 0.703. The van der Waals surface area contributed by atoms with Gasteiger partial charge in [0.05, 0.1) is 10.8 Å². The second-order valence-corrected chi connectivity index (χ2v) is 7.70. The zero-order chi connectivity index (χ0) is 17.4. The Labute approximate surface area is 150 Å².